The summed E-state index contributed by atoms with van der Waals surface area (Å²) in [6.07, 6.45) is 4.19. The number of hydrogen-bond donors (Lipinski definition) is 1. The molecule has 3 atom stereocenters. The largest absolute Gasteiger partial charge is 0.374 e. The molecular formula is C14H19BrN2OS. The third kappa shape index (κ3) is 2.41. The van der Waals surface area contributed by atoms with E-state index in [1.165, 1.54) is 6.42 Å². The zero-order valence-corrected chi connectivity index (χ0v) is 13.9. The number of nitrogens with one attached hydrogen (secondary N) is 1. The highest BCUT2D eigenvalue weighted by Gasteiger charge is 2.43. The molecule has 2 saturated heterocycles. The molecule has 2 aliphatic heterocycles. The van der Waals surface area contributed by atoms with E-state index in [-0.39, 0.29) is 5.41 Å². The van der Waals surface area contributed by atoms with E-state index < -0.39 is 0 Å². The maximum Gasteiger partial charge on any atom is 0.144 e. The predicted molar refractivity (Wildman–Crippen MR) is 81.1 cm³/mol. The van der Waals surface area contributed by atoms with E-state index in [1.54, 1.807) is 0 Å². The Kier molecular flexibility index (Phi) is 3.35. The van der Waals surface area contributed by atoms with Crippen LogP contribution >= 0.6 is 28.1 Å². The molecule has 1 aromatic heterocycles. The molecule has 3 unspecified atom stereocenters. The van der Waals surface area contributed by atoms with Crippen LogP contribution in [0.4, 0.5) is 0 Å². The van der Waals surface area contributed by atoms with Crippen molar-refractivity contribution in [2.24, 2.45) is 0 Å². The van der Waals surface area contributed by atoms with Gasteiger partial charge in [-0.1, -0.05) is 33.0 Å². The smallest absolute Gasteiger partial charge is 0.144 e. The first-order chi connectivity index (χ1) is 8.86. The van der Waals surface area contributed by atoms with Gasteiger partial charge in [-0.2, -0.15) is 0 Å². The molecular weight excluding hydrogens is 324 g/mol. The Morgan fingerprint density at radius 2 is 2.11 bits per heavy atom. The highest BCUT2D eigenvalue weighted by molar-refractivity contribution is 9.10. The summed E-state index contributed by atoms with van der Waals surface area (Å²) in [7, 11) is 0. The van der Waals surface area contributed by atoms with Crippen LogP contribution in [-0.2, 0) is 10.2 Å². The van der Waals surface area contributed by atoms with E-state index in [9.17, 15) is 0 Å². The van der Waals surface area contributed by atoms with Crippen LogP contribution in [0.1, 0.15) is 57.5 Å². The molecule has 2 bridgehead atoms. The minimum absolute atomic E-state index is 0.0164. The van der Waals surface area contributed by atoms with Gasteiger partial charge in [0.15, 0.2) is 0 Å². The van der Waals surface area contributed by atoms with Crippen LogP contribution in [0.25, 0.3) is 0 Å². The van der Waals surface area contributed by atoms with Gasteiger partial charge >= 0.3 is 0 Å². The van der Waals surface area contributed by atoms with Gasteiger partial charge in [-0.05, 0) is 35.2 Å². The first-order valence-electron chi connectivity index (χ1n) is 6.82. The summed E-state index contributed by atoms with van der Waals surface area (Å²) in [4.78, 5) is 8.10. The van der Waals surface area contributed by atoms with E-state index in [4.69, 9.17) is 17.0 Å². The van der Waals surface area contributed by atoms with Gasteiger partial charge in [0.1, 0.15) is 10.5 Å². The quantitative estimate of drug-likeness (QED) is 0.776. The minimum Gasteiger partial charge on any atom is -0.374 e. The molecule has 19 heavy (non-hydrogen) atoms. The fourth-order valence-corrected chi connectivity index (χ4v) is 4.08. The fourth-order valence-electron chi connectivity index (χ4n) is 3.09. The van der Waals surface area contributed by atoms with Crippen molar-refractivity contribution in [2.75, 3.05) is 0 Å². The Morgan fingerprint density at radius 1 is 1.37 bits per heavy atom. The number of aromatic nitrogens is 2. The normalized spacial score (nSPS) is 30.0. The standard InChI is InChI=1S/C14H19BrN2OS/c1-14(2,3)11-10(15)13(19)17-12(16-11)8-6-7-4-5-9(8)18-7/h7-9H,4-6H2,1-3H3,(H,16,17,19). The number of fused-ring (bicyclic) bond motifs is 2. The summed E-state index contributed by atoms with van der Waals surface area (Å²) in [5, 5.41) is 0. The van der Waals surface area contributed by atoms with Crippen molar-refractivity contribution >= 4 is 28.1 Å². The van der Waals surface area contributed by atoms with Crippen LogP contribution in [-0.4, -0.2) is 22.2 Å². The summed E-state index contributed by atoms with van der Waals surface area (Å²) < 4.78 is 7.50. The highest BCUT2D eigenvalue weighted by atomic mass is 79.9. The van der Waals surface area contributed by atoms with Crippen molar-refractivity contribution in [1.29, 1.82) is 0 Å². The molecule has 2 fully saturated rings. The van der Waals surface area contributed by atoms with Gasteiger partial charge < -0.3 is 9.72 Å². The van der Waals surface area contributed by atoms with Crippen LogP contribution in [0, 0.1) is 4.64 Å². The summed E-state index contributed by atoms with van der Waals surface area (Å²) >= 11 is 8.97. The first-order valence-corrected chi connectivity index (χ1v) is 8.02. The zero-order chi connectivity index (χ0) is 13.8. The van der Waals surface area contributed by atoms with Gasteiger partial charge in [-0.25, -0.2) is 4.98 Å². The molecule has 1 N–H and O–H groups in total. The van der Waals surface area contributed by atoms with Crippen LogP contribution in [0.15, 0.2) is 4.47 Å². The molecule has 3 rings (SSSR count). The summed E-state index contributed by atoms with van der Waals surface area (Å²) in [5.74, 6) is 1.39. The number of rotatable bonds is 1. The van der Waals surface area contributed by atoms with Crippen molar-refractivity contribution in [3.63, 3.8) is 0 Å². The first kappa shape index (κ1) is 13.7. The fraction of sp³-hybridized carbons (Fsp3) is 0.714. The lowest BCUT2D eigenvalue weighted by molar-refractivity contribution is 0.0998. The molecule has 0 aromatic carbocycles. The second-order valence-corrected chi connectivity index (χ2v) is 7.76. The van der Waals surface area contributed by atoms with Gasteiger partial charge in [0.05, 0.1) is 16.7 Å². The number of halogens is 1. The number of H-pyrrole nitrogens is 1. The third-order valence-electron chi connectivity index (χ3n) is 4.09. The molecule has 0 radical (unpaired) electrons. The van der Waals surface area contributed by atoms with Crippen LogP contribution in [0.3, 0.4) is 0 Å². The SMILES string of the molecule is CC(C)(C)c1[nH]c(C2CC3CCC2O3)nc(=S)c1Br. The number of ether oxygens (including phenoxy) is 1. The average Bonchev–Trinajstić information content (AvgIpc) is 2.92. The summed E-state index contributed by atoms with van der Waals surface area (Å²) in [5.41, 5.74) is 1.15. The van der Waals surface area contributed by atoms with E-state index in [0.29, 0.717) is 22.8 Å². The van der Waals surface area contributed by atoms with Crippen LogP contribution in [0.5, 0.6) is 0 Å². The van der Waals surface area contributed by atoms with Gasteiger partial charge in [0.25, 0.3) is 0 Å². The summed E-state index contributed by atoms with van der Waals surface area (Å²) in [6.45, 7) is 6.54. The lowest BCUT2D eigenvalue weighted by Gasteiger charge is -2.24. The minimum atomic E-state index is 0.0164. The molecule has 0 spiro atoms. The molecule has 5 heteroatoms. The molecule has 104 valence electrons. The van der Waals surface area contributed by atoms with Crippen molar-refractivity contribution in [2.45, 2.75) is 63.6 Å². The lowest BCUT2D eigenvalue weighted by Crippen LogP contribution is -2.22. The van der Waals surface area contributed by atoms with E-state index >= 15 is 0 Å². The zero-order valence-electron chi connectivity index (χ0n) is 11.5. The maximum atomic E-state index is 5.93. The molecule has 3 nitrogen and oxygen atoms in total. The Hall–Kier alpha value is -0.260. The van der Waals surface area contributed by atoms with E-state index in [1.807, 2.05) is 0 Å². The third-order valence-corrected chi connectivity index (χ3v) is 5.42. The van der Waals surface area contributed by atoms with Crippen molar-refractivity contribution in [1.82, 2.24) is 9.97 Å². The van der Waals surface area contributed by atoms with E-state index in [0.717, 1.165) is 28.8 Å². The molecule has 0 saturated carbocycles. The second kappa shape index (κ2) is 4.64. The van der Waals surface area contributed by atoms with E-state index in [2.05, 4.69) is 46.7 Å². The predicted octanol–water partition coefficient (Wildman–Crippen LogP) is 4.23. The van der Waals surface area contributed by atoms with Gasteiger partial charge in [0, 0.05) is 17.0 Å². The summed E-state index contributed by atoms with van der Waals surface area (Å²) in [6, 6.07) is 0. The molecule has 0 aliphatic carbocycles. The Balaban J connectivity index is 2.04. The van der Waals surface area contributed by atoms with Crippen molar-refractivity contribution < 1.29 is 4.74 Å². The number of aromatic amines is 1. The molecule has 3 heterocycles. The number of nitrogens with zero attached hydrogens (tertiary/aromatic N) is 1. The Labute approximate surface area is 127 Å². The topological polar surface area (TPSA) is 37.9 Å². The van der Waals surface area contributed by atoms with Crippen molar-refractivity contribution in [3.05, 3.63) is 20.6 Å². The van der Waals surface area contributed by atoms with Gasteiger partial charge in [-0.3, -0.25) is 0 Å². The second-order valence-electron chi connectivity index (χ2n) is 6.58. The maximum absolute atomic E-state index is 5.93. The highest BCUT2D eigenvalue weighted by Crippen LogP contribution is 2.44. The average molecular weight is 343 g/mol. The Bertz CT molecular complexity index is 564. The lowest BCUT2D eigenvalue weighted by atomic mass is 9.87. The monoisotopic (exact) mass is 342 g/mol. The van der Waals surface area contributed by atoms with Gasteiger partial charge in [-0.15, -0.1) is 0 Å². The van der Waals surface area contributed by atoms with Gasteiger partial charge in [0.2, 0.25) is 0 Å². The molecule has 2 aliphatic rings. The Morgan fingerprint density at radius 3 is 2.63 bits per heavy atom. The van der Waals surface area contributed by atoms with Crippen molar-refractivity contribution in [3.8, 4) is 0 Å². The number of hydrogen-bond acceptors (Lipinski definition) is 3. The molecule has 0 amide bonds. The van der Waals surface area contributed by atoms with Crippen LogP contribution < -0.4 is 0 Å². The van der Waals surface area contributed by atoms with Crippen LogP contribution in [0.2, 0.25) is 0 Å². The molecule has 1 aromatic rings.